The maximum Gasteiger partial charge on any atom is 0.314 e. The lowest BCUT2D eigenvalue weighted by Crippen LogP contribution is -2.44. The van der Waals surface area contributed by atoms with Crippen LogP contribution in [0, 0.1) is 0 Å². The molecular formula is C15H22N4O2. The first-order valence-corrected chi connectivity index (χ1v) is 7.19. The van der Waals surface area contributed by atoms with Gasteiger partial charge in [0.1, 0.15) is 0 Å². The molecule has 4 N–H and O–H groups in total. The minimum atomic E-state index is -0.353. The number of urea groups is 1. The number of hydrogen-bond acceptors (Lipinski definition) is 3. The molecule has 2 rings (SSSR count). The topological polar surface area (TPSA) is 87.5 Å². The predicted octanol–water partition coefficient (Wildman–Crippen LogP) is 0.930. The number of amides is 3. The molecular weight excluding hydrogens is 268 g/mol. The highest BCUT2D eigenvalue weighted by Crippen LogP contribution is 2.20. The van der Waals surface area contributed by atoms with E-state index in [4.69, 9.17) is 5.73 Å². The first-order chi connectivity index (χ1) is 10.1. The Labute approximate surface area is 124 Å². The molecule has 1 saturated heterocycles. The van der Waals surface area contributed by atoms with Crippen molar-refractivity contribution in [2.75, 3.05) is 25.5 Å². The normalized spacial score (nSPS) is 15.6. The summed E-state index contributed by atoms with van der Waals surface area (Å²) in [6.07, 6.45) is 2.08. The number of anilines is 1. The number of nitrogens with two attached hydrogens (primary N) is 1. The molecule has 0 saturated carbocycles. The Kier molecular flexibility index (Phi) is 5.03. The van der Waals surface area contributed by atoms with Crippen LogP contribution in [0.1, 0.15) is 18.4 Å². The van der Waals surface area contributed by atoms with Crippen molar-refractivity contribution in [3.63, 3.8) is 0 Å². The fourth-order valence-electron chi connectivity index (χ4n) is 2.54. The van der Waals surface area contributed by atoms with Crippen LogP contribution in [-0.4, -0.2) is 43.0 Å². The van der Waals surface area contributed by atoms with Crippen LogP contribution in [-0.2, 0) is 11.2 Å². The van der Waals surface area contributed by atoms with E-state index in [2.05, 4.69) is 10.6 Å². The molecule has 6 heteroatoms. The molecule has 0 atom stereocenters. The summed E-state index contributed by atoms with van der Waals surface area (Å²) < 4.78 is 0. The van der Waals surface area contributed by atoms with Crippen LogP contribution in [0.25, 0.3) is 0 Å². The number of nitrogens with one attached hydrogen (secondary N) is 2. The van der Waals surface area contributed by atoms with Crippen LogP contribution in [0.3, 0.4) is 0 Å². The molecule has 1 aliphatic heterocycles. The maximum absolute atomic E-state index is 11.5. The summed E-state index contributed by atoms with van der Waals surface area (Å²) >= 11 is 0. The van der Waals surface area contributed by atoms with Crippen LogP contribution in [0.15, 0.2) is 24.3 Å². The van der Waals surface area contributed by atoms with Gasteiger partial charge in [-0.1, -0.05) is 18.2 Å². The zero-order valence-electron chi connectivity index (χ0n) is 12.3. The lowest BCUT2D eigenvalue weighted by Gasteiger charge is -2.32. The Morgan fingerprint density at radius 2 is 1.95 bits per heavy atom. The average Bonchev–Trinajstić information content (AvgIpc) is 2.49. The molecule has 1 fully saturated rings. The summed E-state index contributed by atoms with van der Waals surface area (Å²) in [5.74, 6) is -0.00667. The number of likely N-dealkylation sites (N-methyl/N-ethyl adjacent to an activating group) is 1. The molecule has 21 heavy (non-hydrogen) atoms. The maximum atomic E-state index is 11.5. The number of primary amides is 1. The van der Waals surface area contributed by atoms with E-state index in [1.807, 2.05) is 24.3 Å². The van der Waals surface area contributed by atoms with Gasteiger partial charge in [-0.2, -0.15) is 0 Å². The SMILES string of the molecule is CNC(=O)Cc1ccccc1NC1CCN(C(N)=O)CC1. The van der Waals surface area contributed by atoms with Gasteiger partial charge in [-0.15, -0.1) is 0 Å². The summed E-state index contributed by atoms with van der Waals surface area (Å²) in [7, 11) is 1.64. The lowest BCUT2D eigenvalue weighted by atomic mass is 10.0. The Bertz CT molecular complexity index is 510. The molecule has 0 unspecified atom stereocenters. The third kappa shape index (κ3) is 4.11. The minimum Gasteiger partial charge on any atom is -0.382 e. The Balaban J connectivity index is 1.97. The van der Waals surface area contributed by atoms with Crippen molar-refractivity contribution in [1.82, 2.24) is 10.2 Å². The molecule has 0 spiro atoms. The fraction of sp³-hybridized carbons (Fsp3) is 0.467. The minimum absolute atomic E-state index is 0.00667. The van der Waals surface area contributed by atoms with Gasteiger partial charge in [0.25, 0.3) is 0 Å². The van der Waals surface area contributed by atoms with Gasteiger partial charge in [-0.25, -0.2) is 4.79 Å². The molecule has 0 bridgehead atoms. The molecule has 0 radical (unpaired) electrons. The highest BCUT2D eigenvalue weighted by molar-refractivity contribution is 5.80. The van der Waals surface area contributed by atoms with Crippen LogP contribution in [0.2, 0.25) is 0 Å². The van der Waals surface area contributed by atoms with E-state index < -0.39 is 0 Å². The summed E-state index contributed by atoms with van der Waals surface area (Å²) in [4.78, 5) is 24.3. The number of benzene rings is 1. The van der Waals surface area contributed by atoms with Crippen molar-refractivity contribution in [2.45, 2.75) is 25.3 Å². The molecule has 3 amide bonds. The van der Waals surface area contributed by atoms with Crippen molar-refractivity contribution in [1.29, 1.82) is 0 Å². The van der Waals surface area contributed by atoms with E-state index >= 15 is 0 Å². The summed E-state index contributed by atoms with van der Waals surface area (Å²) in [5.41, 5.74) is 7.25. The van der Waals surface area contributed by atoms with E-state index in [9.17, 15) is 9.59 Å². The molecule has 6 nitrogen and oxygen atoms in total. The number of carbonyl (C=O) groups excluding carboxylic acids is 2. The van der Waals surface area contributed by atoms with Gasteiger partial charge >= 0.3 is 6.03 Å². The number of para-hydroxylation sites is 1. The third-order valence-corrected chi connectivity index (χ3v) is 3.81. The summed E-state index contributed by atoms with van der Waals surface area (Å²) in [5, 5.41) is 6.12. The zero-order chi connectivity index (χ0) is 15.2. The number of hydrogen-bond donors (Lipinski definition) is 3. The molecule has 1 aromatic carbocycles. The first kappa shape index (κ1) is 15.2. The van der Waals surface area contributed by atoms with E-state index in [1.165, 1.54) is 0 Å². The highest BCUT2D eigenvalue weighted by atomic mass is 16.2. The first-order valence-electron chi connectivity index (χ1n) is 7.19. The number of carbonyl (C=O) groups is 2. The molecule has 1 aliphatic rings. The van der Waals surface area contributed by atoms with E-state index in [1.54, 1.807) is 11.9 Å². The van der Waals surface area contributed by atoms with E-state index in [-0.39, 0.29) is 11.9 Å². The predicted molar refractivity (Wildman–Crippen MR) is 82.0 cm³/mol. The summed E-state index contributed by atoms with van der Waals surface area (Å²) in [6, 6.07) is 7.77. The number of likely N-dealkylation sites (tertiary alicyclic amines) is 1. The van der Waals surface area contributed by atoms with Gasteiger partial charge in [-0.05, 0) is 24.5 Å². The number of nitrogens with zero attached hydrogens (tertiary/aromatic N) is 1. The molecule has 1 heterocycles. The van der Waals surface area contributed by atoms with Gasteiger partial charge in [0.05, 0.1) is 6.42 Å². The van der Waals surface area contributed by atoms with Crippen LogP contribution in [0.5, 0.6) is 0 Å². The third-order valence-electron chi connectivity index (χ3n) is 3.81. The molecule has 114 valence electrons. The van der Waals surface area contributed by atoms with Crippen molar-refractivity contribution in [3.05, 3.63) is 29.8 Å². The molecule has 1 aromatic rings. The van der Waals surface area contributed by atoms with Crippen LogP contribution in [0.4, 0.5) is 10.5 Å². The average molecular weight is 290 g/mol. The van der Waals surface area contributed by atoms with Crippen molar-refractivity contribution in [3.8, 4) is 0 Å². The smallest absolute Gasteiger partial charge is 0.314 e. The second-order valence-corrected chi connectivity index (χ2v) is 5.25. The monoisotopic (exact) mass is 290 g/mol. The number of piperidine rings is 1. The Morgan fingerprint density at radius 1 is 1.29 bits per heavy atom. The lowest BCUT2D eigenvalue weighted by molar-refractivity contribution is -0.119. The standard InChI is InChI=1S/C15H22N4O2/c1-17-14(20)10-11-4-2-3-5-13(11)18-12-6-8-19(9-7-12)15(16)21/h2-5,12,18H,6-10H2,1H3,(H2,16,21)(H,17,20). The number of rotatable bonds is 4. The second-order valence-electron chi connectivity index (χ2n) is 5.25. The van der Waals surface area contributed by atoms with Gasteiger partial charge in [0, 0.05) is 31.9 Å². The van der Waals surface area contributed by atoms with Crippen LogP contribution >= 0.6 is 0 Å². The Hall–Kier alpha value is -2.24. The van der Waals surface area contributed by atoms with Crippen molar-refractivity contribution in [2.24, 2.45) is 5.73 Å². The largest absolute Gasteiger partial charge is 0.382 e. The van der Waals surface area contributed by atoms with Gasteiger partial charge in [-0.3, -0.25) is 4.79 Å². The van der Waals surface area contributed by atoms with E-state index in [0.717, 1.165) is 24.1 Å². The van der Waals surface area contributed by atoms with Crippen LogP contribution < -0.4 is 16.4 Å². The van der Waals surface area contributed by atoms with Gasteiger partial charge in [0.15, 0.2) is 0 Å². The van der Waals surface area contributed by atoms with Crippen molar-refractivity contribution < 1.29 is 9.59 Å². The zero-order valence-corrected chi connectivity index (χ0v) is 12.3. The Morgan fingerprint density at radius 3 is 2.57 bits per heavy atom. The van der Waals surface area contributed by atoms with Crippen molar-refractivity contribution >= 4 is 17.6 Å². The molecule has 0 aromatic heterocycles. The quantitative estimate of drug-likeness (QED) is 0.771. The van der Waals surface area contributed by atoms with E-state index in [0.29, 0.717) is 25.6 Å². The highest BCUT2D eigenvalue weighted by Gasteiger charge is 2.21. The second kappa shape index (κ2) is 6.97. The fourth-order valence-corrected chi connectivity index (χ4v) is 2.54. The summed E-state index contributed by atoms with van der Waals surface area (Å²) in [6.45, 7) is 1.34. The molecule has 0 aliphatic carbocycles. The van der Waals surface area contributed by atoms with Gasteiger partial charge < -0.3 is 21.3 Å². The van der Waals surface area contributed by atoms with Gasteiger partial charge in [0.2, 0.25) is 5.91 Å².